The number of nitrogens with one attached hydrogen (secondary N) is 1. The van der Waals surface area contributed by atoms with E-state index in [1.807, 2.05) is 6.92 Å². The molecule has 2 aromatic carbocycles. The number of nitrogens with two attached hydrogens (primary N) is 1. The van der Waals surface area contributed by atoms with Crippen LogP contribution >= 0.6 is 0 Å². The summed E-state index contributed by atoms with van der Waals surface area (Å²) in [5.41, 5.74) is 1.34. The van der Waals surface area contributed by atoms with Gasteiger partial charge in [-0.15, -0.1) is 0 Å². The van der Waals surface area contributed by atoms with E-state index >= 15 is 0 Å². The zero-order chi connectivity index (χ0) is 19.6. The highest BCUT2D eigenvalue weighted by atomic mass is 16.5. The number of carbonyl (C=O) groups excluding carboxylic acids is 2. The lowest BCUT2D eigenvalue weighted by Gasteiger charge is -2.13. The molecular formula is C19H21N3O5. The number of carbonyl (C=O) groups is 2. The fourth-order valence-electron chi connectivity index (χ4n) is 2.29. The molecule has 0 atom stereocenters. The quantitative estimate of drug-likeness (QED) is 0.318. The average molecular weight is 371 g/mol. The van der Waals surface area contributed by atoms with E-state index in [1.165, 1.54) is 13.3 Å². The van der Waals surface area contributed by atoms with Gasteiger partial charge in [0.05, 0.1) is 31.2 Å². The molecule has 0 saturated heterocycles. The van der Waals surface area contributed by atoms with Crippen LogP contribution in [0.2, 0.25) is 0 Å². The Labute approximate surface area is 156 Å². The number of ether oxygens (including phenoxy) is 3. The van der Waals surface area contributed by atoms with E-state index in [9.17, 15) is 9.59 Å². The molecule has 2 aromatic rings. The molecule has 3 N–H and O–H groups in total. The van der Waals surface area contributed by atoms with Gasteiger partial charge in [0.1, 0.15) is 0 Å². The van der Waals surface area contributed by atoms with Gasteiger partial charge in [-0.05, 0) is 42.8 Å². The van der Waals surface area contributed by atoms with Crippen molar-refractivity contribution in [1.29, 1.82) is 0 Å². The number of anilines is 1. The Bertz CT molecular complexity index is 836. The zero-order valence-electron chi connectivity index (χ0n) is 15.1. The maximum atomic E-state index is 12.2. The predicted octanol–water partition coefficient (Wildman–Crippen LogP) is 2.18. The predicted molar refractivity (Wildman–Crippen MR) is 101 cm³/mol. The van der Waals surface area contributed by atoms with Crippen LogP contribution < -0.4 is 20.6 Å². The van der Waals surface area contributed by atoms with Gasteiger partial charge >= 0.3 is 5.97 Å². The van der Waals surface area contributed by atoms with Crippen LogP contribution in [0.3, 0.4) is 0 Å². The van der Waals surface area contributed by atoms with Crippen molar-refractivity contribution in [1.82, 2.24) is 0 Å². The summed E-state index contributed by atoms with van der Waals surface area (Å²) in [6.45, 7) is 2.00. The van der Waals surface area contributed by atoms with Gasteiger partial charge in [-0.3, -0.25) is 4.79 Å². The first-order chi connectivity index (χ1) is 13.1. The Morgan fingerprint density at radius 1 is 1.15 bits per heavy atom. The van der Waals surface area contributed by atoms with Gasteiger partial charge in [0.15, 0.2) is 18.1 Å². The van der Waals surface area contributed by atoms with E-state index in [4.69, 9.17) is 20.1 Å². The third-order valence-corrected chi connectivity index (χ3v) is 3.46. The molecule has 0 aromatic heterocycles. The zero-order valence-corrected chi connectivity index (χ0v) is 15.1. The lowest BCUT2D eigenvalue weighted by atomic mass is 10.2. The molecule has 27 heavy (non-hydrogen) atoms. The Hall–Kier alpha value is -3.55. The standard InChI is InChI=1S/C19H21N3O5/c1-3-26-17-10-13(11-21-20)8-9-16(17)27-12-18(23)22-15-7-5-4-6-14(15)19(24)25-2/h4-11H,3,12,20H2,1-2H3,(H,22,23). The van der Waals surface area contributed by atoms with E-state index in [-0.39, 0.29) is 12.2 Å². The topological polar surface area (TPSA) is 112 Å². The molecule has 0 unspecified atom stereocenters. The van der Waals surface area contributed by atoms with Crippen molar-refractivity contribution in [2.75, 3.05) is 25.6 Å². The molecule has 0 saturated carbocycles. The molecular weight excluding hydrogens is 350 g/mol. The van der Waals surface area contributed by atoms with E-state index in [0.29, 0.717) is 23.8 Å². The highest BCUT2D eigenvalue weighted by Crippen LogP contribution is 2.28. The fraction of sp³-hybridized carbons (Fsp3) is 0.211. The first-order valence-electron chi connectivity index (χ1n) is 8.19. The van der Waals surface area contributed by atoms with E-state index < -0.39 is 11.9 Å². The molecule has 8 nitrogen and oxygen atoms in total. The molecule has 0 radical (unpaired) electrons. The van der Waals surface area contributed by atoms with Crippen molar-refractivity contribution < 1.29 is 23.8 Å². The molecule has 0 bridgehead atoms. The Kier molecular flexibility index (Phi) is 7.18. The van der Waals surface area contributed by atoms with Crippen LogP contribution in [-0.2, 0) is 9.53 Å². The van der Waals surface area contributed by atoms with Crippen molar-refractivity contribution in [3.8, 4) is 11.5 Å². The number of rotatable bonds is 8. The van der Waals surface area contributed by atoms with Gasteiger partial charge < -0.3 is 25.4 Å². The van der Waals surface area contributed by atoms with Crippen LogP contribution in [0, 0.1) is 0 Å². The Balaban J connectivity index is 2.07. The highest BCUT2D eigenvalue weighted by molar-refractivity contribution is 6.01. The monoisotopic (exact) mass is 371 g/mol. The number of hydrazone groups is 1. The van der Waals surface area contributed by atoms with Crippen molar-refractivity contribution >= 4 is 23.8 Å². The third-order valence-electron chi connectivity index (χ3n) is 3.46. The van der Waals surface area contributed by atoms with Crippen LogP contribution in [0.4, 0.5) is 5.69 Å². The minimum Gasteiger partial charge on any atom is -0.490 e. The number of hydrogen-bond donors (Lipinski definition) is 2. The Morgan fingerprint density at radius 3 is 2.63 bits per heavy atom. The van der Waals surface area contributed by atoms with Gasteiger partial charge in [-0.1, -0.05) is 12.1 Å². The van der Waals surface area contributed by atoms with Crippen LogP contribution in [0.1, 0.15) is 22.8 Å². The molecule has 0 heterocycles. The number of amides is 1. The Morgan fingerprint density at radius 2 is 1.93 bits per heavy atom. The first-order valence-corrected chi connectivity index (χ1v) is 8.19. The smallest absolute Gasteiger partial charge is 0.339 e. The summed E-state index contributed by atoms with van der Waals surface area (Å²) in [4.78, 5) is 24.0. The maximum absolute atomic E-state index is 12.2. The molecule has 0 aliphatic heterocycles. The molecule has 8 heteroatoms. The molecule has 0 aliphatic carbocycles. The molecule has 2 rings (SSSR count). The maximum Gasteiger partial charge on any atom is 0.339 e. The number of benzene rings is 2. The van der Waals surface area contributed by atoms with Crippen molar-refractivity contribution in [2.24, 2.45) is 10.9 Å². The molecule has 0 fully saturated rings. The van der Waals surface area contributed by atoms with Crippen LogP contribution in [0.5, 0.6) is 11.5 Å². The van der Waals surface area contributed by atoms with Crippen molar-refractivity contribution in [3.05, 3.63) is 53.6 Å². The number of nitrogens with zero attached hydrogens (tertiary/aromatic N) is 1. The summed E-state index contributed by atoms with van der Waals surface area (Å²) >= 11 is 0. The number of hydrogen-bond acceptors (Lipinski definition) is 7. The van der Waals surface area contributed by atoms with Crippen molar-refractivity contribution in [2.45, 2.75) is 6.92 Å². The summed E-state index contributed by atoms with van der Waals surface area (Å²) in [6.07, 6.45) is 1.47. The SMILES string of the molecule is CCOc1cc(C=NN)ccc1OCC(=O)Nc1ccccc1C(=O)OC. The van der Waals surface area contributed by atoms with Crippen molar-refractivity contribution in [3.63, 3.8) is 0 Å². The lowest BCUT2D eigenvalue weighted by Crippen LogP contribution is -2.22. The second-order valence-electron chi connectivity index (χ2n) is 5.29. The second-order valence-corrected chi connectivity index (χ2v) is 5.29. The van der Waals surface area contributed by atoms with Gasteiger partial charge in [0.2, 0.25) is 0 Å². The van der Waals surface area contributed by atoms with Gasteiger partial charge in [0.25, 0.3) is 5.91 Å². The van der Waals surface area contributed by atoms with E-state index in [0.717, 1.165) is 5.56 Å². The van der Waals surface area contributed by atoms with E-state index in [1.54, 1.807) is 42.5 Å². The summed E-state index contributed by atoms with van der Waals surface area (Å²) in [5, 5.41) is 6.10. The fourth-order valence-corrected chi connectivity index (χ4v) is 2.29. The van der Waals surface area contributed by atoms with Gasteiger partial charge in [-0.25, -0.2) is 4.79 Å². The van der Waals surface area contributed by atoms with Crippen LogP contribution in [0.25, 0.3) is 0 Å². The van der Waals surface area contributed by atoms with Crippen LogP contribution in [0.15, 0.2) is 47.6 Å². The van der Waals surface area contributed by atoms with Gasteiger partial charge in [0, 0.05) is 0 Å². The average Bonchev–Trinajstić information content (AvgIpc) is 2.67. The molecule has 0 aliphatic rings. The summed E-state index contributed by atoms with van der Waals surface area (Å²) < 4.78 is 15.8. The third kappa shape index (κ3) is 5.46. The van der Waals surface area contributed by atoms with E-state index in [2.05, 4.69) is 10.4 Å². The summed E-state index contributed by atoms with van der Waals surface area (Å²) in [7, 11) is 1.28. The normalized spacial score (nSPS) is 10.4. The van der Waals surface area contributed by atoms with Gasteiger partial charge in [-0.2, -0.15) is 5.10 Å². The minimum absolute atomic E-state index is 0.258. The summed E-state index contributed by atoms with van der Waals surface area (Å²) in [6, 6.07) is 11.7. The number of esters is 1. The second kappa shape index (κ2) is 9.81. The number of methoxy groups -OCH3 is 1. The molecule has 1 amide bonds. The molecule has 0 spiro atoms. The highest BCUT2D eigenvalue weighted by Gasteiger charge is 2.14. The first kappa shape index (κ1) is 19.8. The molecule has 142 valence electrons. The minimum atomic E-state index is -0.539. The van der Waals surface area contributed by atoms with Crippen LogP contribution in [-0.4, -0.2) is 38.4 Å². The lowest BCUT2D eigenvalue weighted by molar-refractivity contribution is -0.118. The number of para-hydroxylation sites is 1. The summed E-state index contributed by atoms with van der Waals surface area (Å²) in [5.74, 6) is 5.06. The largest absolute Gasteiger partial charge is 0.490 e.